The number of aromatic nitrogens is 1. The van der Waals surface area contributed by atoms with E-state index in [1.54, 1.807) is 6.07 Å². The fourth-order valence-corrected chi connectivity index (χ4v) is 1.13. The number of nitrogens with zero attached hydrogens (tertiary/aromatic N) is 2. The molecule has 0 saturated heterocycles. The lowest BCUT2D eigenvalue weighted by atomic mass is 10.3. The predicted molar refractivity (Wildman–Crippen MR) is 54.4 cm³/mol. The van der Waals surface area contributed by atoms with E-state index >= 15 is 0 Å². The molecule has 1 rings (SSSR count). The van der Waals surface area contributed by atoms with Crippen molar-refractivity contribution in [3.05, 3.63) is 22.8 Å². The van der Waals surface area contributed by atoms with E-state index in [1.165, 1.54) is 6.07 Å². The maximum absolute atomic E-state index is 8.67. The summed E-state index contributed by atoms with van der Waals surface area (Å²) in [6.07, 6.45) is 2.03. The van der Waals surface area contributed by atoms with Gasteiger partial charge < -0.3 is 4.74 Å². The third kappa shape index (κ3) is 3.23. The molecule has 0 bridgehead atoms. The highest BCUT2D eigenvalue weighted by atomic mass is 35.5. The molecule has 14 heavy (non-hydrogen) atoms. The molecule has 74 valence electrons. The molecule has 0 saturated carbocycles. The lowest BCUT2D eigenvalue weighted by molar-refractivity contribution is 0.298. The standard InChI is InChI=1S/C10H11ClN2O/c1-2-3-4-14-10-6-8(7-12)5-9(11)13-10/h5-6H,2-4H2,1H3. The van der Waals surface area contributed by atoms with Gasteiger partial charge in [0.2, 0.25) is 5.88 Å². The molecule has 0 aliphatic rings. The zero-order valence-corrected chi connectivity index (χ0v) is 8.71. The summed E-state index contributed by atoms with van der Waals surface area (Å²) in [5.74, 6) is 0.419. The van der Waals surface area contributed by atoms with Gasteiger partial charge in [-0.15, -0.1) is 0 Å². The maximum atomic E-state index is 8.67. The van der Waals surface area contributed by atoms with Crippen molar-refractivity contribution in [2.24, 2.45) is 0 Å². The van der Waals surface area contributed by atoms with Crippen LogP contribution in [0.4, 0.5) is 0 Å². The molecule has 1 aromatic heterocycles. The number of halogens is 1. The molecule has 0 N–H and O–H groups in total. The van der Waals surface area contributed by atoms with Crippen molar-refractivity contribution < 1.29 is 4.74 Å². The third-order valence-corrected chi connectivity index (χ3v) is 1.84. The third-order valence-electron chi connectivity index (χ3n) is 1.65. The van der Waals surface area contributed by atoms with E-state index < -0.39 is 0 Å². The first-order chi connectivity index (χ1) is 6.76. The Hall–Kier alpha value is -1.27. The van der Waals surface area contributed by atoms with Crippen molar-refractivity contribution in [3.8, 4) is 11.9 Å². The number of hydrogen-bond donors (Lipinski definition) is 0. The number of rotatable bonds is 4. The van der Waals surface area contributed by atoms with Crippen LogP contribution >= 0.6 is 11.6 Å². The minimum Gasteiger partial charge on any atom is -0.478 e. The normalized spacial score (nSPS) is 9.50. The Morgan fingerprint density at radius 2 is 2.36 bits per heavy atom. The Morgan fingerprint density at radius 1 is 1.57 bits per heavy atom. The van der Waals surface area contributed by atoms with Crippen LogP contribution in [0, 0.1) is 11.3 Å². The molecule has 0 radical (unpaired) electrons. The van der Waals surface area contributed by atoms with Crippen molar-refractivity contribution >= 4 is 11.6 Å². The van der Waals surface area contributed by atoms with Crippen molar-refractivity contribution in [2.45, 2.75) is 19.8 Å². The van der Waals surface area contributed by atoms with Gasteiger partial charge in [-0.05, 0) is 12.5 Å². The van der Waals surface area contributed by atoms with E-state index in [2.05, 4.69) is 11.9 Å². The summed E-state index contributed by atoms with van der Waals surface area (Å²) >= 11 is 5.70. The predicted octanol–water partition coefficient (Wildman–Crippen LogP) is 2.79. The zero-order chi connectivity index (χ0) is 10.4. The second kappa shape index (κ2) is 5.46. The maximum Gasteiger partial charge on any atom is 0.215 e. The summed E-state index contributed by atoms with van der Waals surface area (Å²) in [4.78, 5) is 3.95. The van der Waals surface area contributed by atoms with Gasteiger partial charge >= 0.3 is 0 Å². The van der Waals surface area contributed by atoms with Crippen LogP contribution in [0.15, 0.2) is 12.1 Å². The van der Waals surface area contributed by atoms with Gasteiger partial charge in [0.25, 0.3) is 0 Å². The SMILES string of the molecule is CCCCOc1cc(C#N)cc(Cl)n1. The highest BCUT2D eigenvalue weighted by Crippen LogP contribution is 2.15. The summed E-state index contributed by atoms with van der Waals surface area (Å²) in [5, 5.41) is 8.95. The van der Waals surface area contributed by atoms with Gasteiger partial charge in [-0.1, -0.05) is 24.9 Å². The van der Waals surface area contributed by atoms with Crippen LogP contribution in [-0.2, 0) is 0 Å². The van der Waals surface area contributed by atoms with Gasteiger partial charge in [-0.25, -0.2) is 4.98 Å². The Kier molecular flexibility index (Phi) is 4.21. The van der Waals surface area contributed by atoms with Gasteiger partial charge in [-0.2, -0.15) is 5.26 Å². The largest absolute Gasteiger partial charge is 0.478 e. The van der Waals surface area contributed by atoms with Gasteiger partial charge in [0, 0.05) is 6.07 Å². The molecule has 0 spiro atoms. The number of ether oxygens (including phenoxy) is 1. The van der Waals surface area contributed by atoms with Gasteiger partial charge in [0.15, 0.2) is 0 Å². The van der Waals surface area contributed by atoms with Crippen LogP contribution in [0.5, 0.6) is 5.88 Å². The van der Waals surface area contributed by atoms with Gasteiger partial charge in [0.05, 0.1) is 18.2 Å². The molecule has 0 fully saturated rings. The molecule has 0 aliphatic heterocycles. The molecular formula is C10H11ClN2O. The average Bonchev–Trinajstić information content (AvgIpc) is 2.17. The minimum atomic E-state index is 0.288. The molecule has 0 unspecified atom stereocenters. The van der Waals surface area contributed by atoms with Crippen molar-refractivity contribution in [3.63, 3.8) is 0 Å². The van der Waals surface area contributed by atoms with Crippen LogP contribution < -0.4 is 4.74 Å². The van der Waals surface area contributed by atoms with Crippen LogP contribution in [0.2, 0.25) is 5.15 Å². The van der Waals surface area contributed by atoms with E-state index in [4.69, 9.17) is 21.6 Å². The van der Waals surface area contributed by atoms with Crippen molar-refractivity contribution in [1.29, 1.82) is 5.26 Å². The van der Waals surface area contributed by atoms with Crippen LogP contribution in [0.3, 0.4) is 0 Å². The molecule has 1 aromatic rings. The Bertz CT molecular complexity index is 346. The highest BCUT2D eigenvalue weighted by Gasteiger charge is 2.01. The molecule has 0 amide bonds. The quantitative estimate of drug-likeness (QED) is 0.567. The monoisotopic (exact) mass is 210 g/mol. The van der Waals surface area contributed by atoms with Crippen LogP contribution in [0.25, 0.3) is 0 Å². The fraction of sp³-hybridized carbons (Fsp3) is 0.400. The first kappa shape index (κ1) is 10.8. The molecule has 0 atom stereocenters. The summed E-state index contributed by atoms with van der Waals surface area (Å²) in [5.41, 5.74) is 0.469. The Labute approximate surface area is 88.3 Å². The van der Waals surface area contributed by atoms with Crippen molar-refractivity contribution in [1.82, 2.24) is 4.98 Å². The second-order valence-corrected chi connectivity index (χ2v) is 3.22. The molecule has 0 aliphatic carbocycles. The lowest BCUT2D eigenvalue weighted by Crippen LogP contribution is -1.98. The first-order valence-electron chi connectivity index (χ1n) is 4.46. The number of hydrogen-bond acceptors (Lipinski definition) is 3. The summed E-state index contributed by atoms with van der Waals surface area (Å²) < 4.78 is 5.32. The second-order valence-electron chi connectivity index (χ2n) is 2.83. The molecular weight excluding hydrogens is 200 g/mol. The fourth-order valence-electron chi connectivity index (χ4n) is 0.932. The zero-order valence-electron chi connectivity index (χ0n) is 7.96. The van der Waals surface area contributed by atoms with Crippen LogP contribution in [-0.4, -0.2) is 11.6 Å². The molecule has 3 nitrogen and oxygen atoms in total. The number of unbranched alkanes of at least 4 members (excludes halogenated alkanes) is 1. The Balaban J connectivity index is 2.68. The number of pyridine rings is 1. The average molecular weight is 211 g/mol. The highest BCUT2D eigenvalue weighted by molar-refractivity contribution is 6.29. The molecule has 0 aromatic carbocycles. The Morgan fingerprint density at radius 3 is 3.00 bits per heavy atom. The summed E-state index contributed by atoms with van der Waals surface area (Å²) in [7, 11) is 0. The van der Waals surface area contributed by atoms with E-state index in [0.717, 1.165) is 12.8 Å². The van der Waals surface area contributed by atoms with Crippen LogP contribution in [0.1, 0.15) is 25.3 Å². The van der Waals surface area contributed by atoms with Gasteiger partial charge in [-0.3, -0.25) is 0 Å². The van der Waals surface area contributed by atoms with E-state index in [-0.39, 0.29) is 5.15 Å². The first-order valence-corrected chi connectivity index (χ1v) is 4.84. The molecule has 4 heteroatoms. The molecule has 1 heterocycles. The minimum absolute atomic E-state index is 0.288. The summed E-state index contributed by atoms with van der Waals surface area (Å²) in [6.45, 7) is 2.68. The van der Waals surface area contributed by atoms with Crippen molar-refractivity contribution in [2.75, 3.05) is 6.61 Å². The smallest absolute Gasteiger partial charge is 0.215 e. The van der Waals surface area contributed by atoms with Gasteiger partial charge in [0.1, 0.15) is 5.15 Å². The lowest BCUT2D eigenvalue weighted by Gasteiger charge is -2.04. The van der Waals surface area contributed by atoms with E-state index in [0.29, 0.717) is 18.1 Å². The topological polar surface area (TPSA) is 45.9 Å². The van der Waals surface area contributed by atoms with E-state index in [1.807, 2.05) is 6.07 Å². The number of nitriles is 1. The van der Waals surface area contributed by atoms with E-state index in [9.17, 15) is 0 Å². The summed E-state index contributed by atoms with van der Waals surface area (Å²) in [6, 6.07) is 5.09.